The van der Waals surface area contributed by atoms with Crippen LogP contribution < -0.4 is 0 Å². The summed E-state index contributed by atoms with van der Waals surface area (Å²) in [4.78, 5) is 37.8. The third-order valence-corrected chi connectivity index (χ3v) is 9.60. The van der Waals surface area contributed by atoms with Crippen molar-refractivity contribution >= 4 is 17.9 Å². The number of unbranched alkanes of at least 4 members (excludes halogenated alkanes) is 16. The van der Waals surface area contributed by atoms with Crippen LogP contribution in [0, 0.1) is 0 Å². The van der Waals surface area contributed by atoms with E-state index < -0.39 is 6.10 Å². The molecule has 60 heavy (non-hydrogen) atoms. The zero-order valence-electron chi connectivity index (χ0n) is 38.4. The second kappa shape index (κ2) is 47.7. The van der Waals surface area contributed by atoms with Crippen LogP contribution in [-0.2, 0) is 28.6 Å². The van der Waals surface area contributed by atoms with Crippen molar-refractivity contribution in [2.45, 2.75) is 200 Å². The zero-order valence-corrected chi connectivity index (χ0v) is 38.4. The Balaban J connectivity index is 4.48. The smallest absolute Gasteiger partial charge is 0.306 e. The normalized spacial score (nSPS) is 13.1. The van der Waals surface area contributed by atoms with E-state index in [0.717, 1.165) is 148 Å². The fourth-order valence-electron chi connectivity index (χ4n) is 6.07. The van der Waals surface area contributed by atoms with Gasteiger partial charge >= 0.3 is 17.9 Å². The summed E-state index contributed by atoms with van der Waals surface area (Å²) in [6.45, 7) is 6.26. The second-order valence-electron chi connectivity index (χ2n) is 15.4. The molecule has 0 fully saturated rings. The Labute approximate surface area is 368 Å². The fourth-order valence-corrected chi connectivity index (χ4v) is 6.07. The number of carbonyl (C=O) groups is 3. The Morgan fingerprint density at radius 1 is 0.367 bits per heavy atom. The molecule has 0 aliphatic carbocycles. The van der Waals surface area contributed by atoms with E-state index in [2.05, 4.69) is 93.7 Å². The molecule has 1 atom stereocenters. The first-order chi connectivity index (χ1) is 29.5. The summed E-state index contributed by atoms with van der Waals surface area (Å²) >= 11 is 0. The quantitative estimate of drug-likeness (QED) is 0.0201. The minimum absolute atomic E-state index is 0.103. The molecule has 0 aliphatic heterocycles. The lowest BCUT2D eigenvalue weighted by Crippen LogP contribution is -2.30. The highest BCUT2D eigenvalue weighted by Gasteiger charge is 2.19. The number of carbonyl (C=O) groups excluding carboxylic acids is 3. The molecule has 0 saturated heterocycles. The van der Waals surface area contributed by atoms with Gasteiger partial charge in [0.15, 0.2) is 6.10 Å². The highest BCUT2D eigenvalue weighted by molar-refractivity contribution is 5.71. The summed E-state index contributed by atoms with van der Waals surface area (Å²) in [5.74, 6) is -0.967. The van der Waals surface area contributed by atoms with E-state index in [4.69, 9.17) is 14.2 Å². The van der Waals surface area contributed by atoms with Crippen LogP contribution in [0.3, 0.4) is 0 Å². The largest absolute Gasteiger partial charge is 0.462 e. The summed E-state index contributed by atoms with van der Waals surface area (Å²) in [5.41, 5.74) is 0. The van der Waals surface area contributed by atoms with Gasteiger partial charge in [0, 0.05) is 19.3 Å². The number of rotatable bonds is 41. The van der Waals surface area contributed by atoms with Gasteiger partial charge in [0.25, 0.3) is 0 Å². The van der Waals surface area contributed by atoms with Crippen LogP contribution in [0.15, 0.2) is 109 Å². The lowest BCUT2D eigenvalue weighted by Gasteiger charge is -2.18. The number of allylic oxidation sites excluding steroid dienone is 18. The molecule has 6 nitrogen and oxygen atoms in total. The average Bonchev–Trinajstić information content (AvgIpc) is 3.24. The van der Waals surface area contributed by atoms with E-state index >= 15 is 0 Å². The van der Waals surface area contributed by atoms with Gasteiger partial charge in [0.05, 0.1) is 0 Å². The van der Waals surface area contributed by atoms with Crippen LogP contribution in [0.2, 0.25) is 0 Å². The van der Waals surface area contributed by atoms with Crippen molar-refractivity contribution in [3.05, 3.63) is 109 Å². The maximum Gasteiger partial charge on any atom is 0.306 e. The van der Waals surface area contributed by atoms with Gasteiger partial charge in [-0.05, 0) is 89.9 Å². The Kier molecular flexibility index (Phi) is 44.6. The van der Waals surface area contributed by atoms with Crippen molar-refractivity contribution < 1.29 is 28.6 Å². The van der Waals surface area contributed by atoms with E-state index in [9.17, 15) is 14.4 Å². The van der Waals surface area contributed by atoms with Gasteiger partial charge in [0.1, 0.15) is 13.2 Å². The highest BCUT2D eigenvalue weighted by atomic mass is 16.6. The monoisotopic (exact) mass is 831 g/mol. The van der Waals surface area contributed by atoms with Crippen molar-refractivity contribution in [3.8, 4) is 0 Å². The standard InChI is InChI=1S/C54H86O6/c1-4-7-10-13-16-19-22-25-26-27-28-29-30-33-35-38-41-44-47-53(56)59-50-51(60-54(57)48-45-42-39-36-32-24-21-18-15-12-9-6-3)49-58-52(55)46-43-40-37-34-31-23-20-17-14-11-8-5-2/h8-13,16-22,25-29,51H,4-7,14-15,23-24,30-50H2,1-3H3/b11-8-,12-9-,13-10-,19-16-,20-17-,21-18-,25-22-,27-26-,29-28-. The highest BCUT2D eigenvalue weighted by Crippen LogP contribution is 2.13. The summed E-state index contributed by atoms with van der Waals surface area (Å²) in [7, 11) is 0. The fraction of sp³-hybridized carbons (Fsp3) is 0.611. The molecule has 338 valence electrons. The van der Waals surface area contributed by atoms with E-state index in [1.165, 1.54) is 6.42 Å². The molecule has 1 unspecified atom stereocenters. The van der Waals surface area contributed by atoms with Gasteiger partial charge < -0.3 is 14.2 Å². The predicted octanol–water partition coefficient (Wildman–Crippen LogP) is 15.6. The third-order valence-electron chi connectivity index (χ3n) is 9.60. The summed E-state index contributed by atoms with van der Waals surface area (Å²) < 4.78 is 16.7. The van der Waals surface area contributed by atoms with Gasteiger partial charge in [-0.3, -0.25) is 14.4 Å². The van der Waals surface area contributed by atoms with Crippen LogP contribution in [0.5, 0.6) is 0 Å². The van der Waals surface area contributed by atoms with Crippen molar-refractivity contribution in [3.63, 3.8) is 0 Å². The summed E-state index contributed by atoms with van der Waals surface area (Å²) in [6.07, 6.45) is 63.5. The molecular weight excluding hydrogens is 745 g/mol. The Morgan fingerprint density at radius 3 is 1.15 bits per heavy atom. The number of hydrogen-bond donors (Lipinski definition) is 0. The van der Waals surface area contributed by atoms with Crippen LogP contribution in [-0.4, -0.2) is 37.2 Å². The predicted molar refractivity (Wildman–Crippen MR) is 256 cm³/mol. The summed E-state index contributed by atoms with van der Waals surface area (Å²) in [5, 5.41) is 0. The molecule has 0 aromatic rings. The molecule has 0 aromatic heterocycles. The maximum atomic E-state index is 12.7. The Bertz CT molecular complexity index is 1280. The minimum Gasteiger partial charge on any atom is -0.462 e. The minimum atomic E-state index is -0.802. The average molecular weight is 831 g/mol. The molecule has 0 N–H and O–H groups in total. The van der Waals surface area contributed by atoms with Gasteiger partial charge in [-0.1, -0.05) is 194 Å². The molecular formula is C54H86O6. The number of hydrogen-bond acceptors (Lipinski definition) is 6. The first-order valence-electron chi connectivity index (χ1n) is 24.0. The van der Waals surface area contributed by atoms with E-state index in [1.54, 1.807) is 0 Å². The van der Waals surface area contributed by atoms with E-state index in [-0.39, 0.29) is 31.1 Å². The van der Waals surface area contributed by atoms with E-state index in [1.807, 2.05) is 36.5 Å². The topological polar surface area (TPSA) is 78.9 Å². The molecule has 0 aliphatic rings. The first kappa shape index (κ1) is 56.1. The zero-order chi connectivity index (χ0) is 43.7. The van der Waals surface area contributed by atoms with Crippen LogP contribution in [0.4, 0.5) is 0 Å². The van der Waals surface area contributed by atoms with Gasteiger partial charge in [-0.2, -0.15) is 0 Å². The van der Waals surface area contributed by atoms with Crippen molar-refractivity contribution in [1.82, 2.24) is 0 Å². The molecule has 6 heteroatoms. The van der Waals surface area contributed by atoms with Gasteiger partial charge in [-0.15, -0.1) is 0 Å². The molecule has 0 spiro atoms. The second-order valence-corrected chi connectivity index (χ2v) is 15.4. The maximum absolute atomic E-state index is 12.7. The van der Waals surface area contributed by atoms with Crippen molar-refractivity contribution in [1.29, 1.82) is 0 Å². The molecule has 0 bridgehead atoms. The molecule has 0 rings (SSSR count). The molecule has 0 radical (unpaired) electrons. The van der Waals surface area contributed by atoms with E-state index in [0.29, 0.717) is 19.3 Å². The van der Waals surface area contributed by atoms with Crippen molar-refractivity contribution in [2.75, 3.05) is 13.2 Å². The van der Waals surface area contributed by atoms with Gasteiger partial charge in [0.2, 0.25) is 0 Å². The molecule has 0 heterocycles. The van der Waals surface area contributed by atoms with Crippen LogP contribution >= 0.6 is 0 Å². The molecule has 0 saturated carbocycles. The first-order valence-corrected chi connectivity index (χ1v) is 24.0. The van der Waals surface area contributed by atoms with Crippen LogP contribution in [0.25, 0.3) is 0 Å². The van der Waals surface area contributed by atoms with Gasteiger partial charge in [-0.25, -0.2) is 0 Å². The van der Waals surface area contributed by atoms with Crippen LogP contribution in [0.1, 0.15) is 194 Å². The Hall–Kier alpha value is -3.93. The lowest BCUT2D eigenvalue weighted by atomic mass is 10.1. The third kappa shape index (κ3) is 45.2. The summed E-state index contributed by atoms with van der Waals surface area (Å²) in [6, 6.07) is 0. The lowest BCUT2D eigenvalue weighted by molar-refractivity contribution is -0.167. The molecule has 0 aromatic carbocycles. The SMILES string of the molecule is CC/C=C\C/C=C\CCCCCCCC(=O)OCC(COC(=O)CCCCCCC\C=C/C=C\C=C/C=C\C=C/CCC)OC(=O)CCCCCCC/C=C\C/C=C\CC. The number of ether oxygens (including phenoxy) is 3. The van der Waals surface area contributed by atoms with Crippen molar-refractivity contribution in [2.24, 2.45) is 0 Å². The Morgan fingerprint density at radius 2 is 0.717 bits per heavy atom. The number of esters is 3. The molecule has 0 amide bonds.